The smallest absolute Gasteiger partial charge is 0.0158 e. The van der Waals surface area contributed by atoms with Gasteiger partial charge in [-0.3, -0.25) is 4.90 Å². The van der Waals surface area contributed by atoms with Gasteiger partial charge in [-0.2, -0.15) is 0 Å². The van der Waals surface area contributed by atoms with Crippen LogP contribution in [-0.4, -0.2) is 22.5 Å². The molecule has 29 heavy (non-hydrogen) atoms. The molecule has 0 amide bonds. The molecule has 0 aliphatic rings. The van der Waals surface area contributed by atoms with Crippen molar-refractivity contribution in [3.05, 3.63) is 0 Å². The van der Waals surface area contributed by atoms with Crippen molar-refractivity contribution in [2.45, 2.75) is 175 Å². The number of nitrogens with zero attached hydrogens (tertiary/aromatic N) is 1. The van der Waals surface area contributed by atoms with Gasteiger partial charge in [-0.05, 0) is 53.5 Å². The Morgan fingerprint density at radius 2 is 0.724 bits per heavy atom. The fourth-order valence-electron chi connectivity index (χ4n) is 5.07. The maximum atomic E-state index is 2.91. The number of unbranched alkanes of at least 4 members (excludes halogenated alkanes) is 13. The first kappa shape index (κ1) is 29.0. The fraction of sp³-hybridized carbons (Fsp3) is 1.00. The van der Waals surface area contributed by atoms with E-state index in [0.717, 1.165) is 0 Å². The zero-order valence-corrected chi connectivity index (χ0v) is 21.9. The van der Waals surface area contributed by atoms with Gasteiger partial charge in [-0.1, -0.05) is 117 Å². The van der Waals surface area contributed by atoms with Crippen LogP contribution in [0.2, 0.25) is 0 Å². The summed E-state index contributed by atoms with van der Waals surface area (Å²) < 4.78 is 0. The highest BCUT2D eigenvalue weighted by Gasteiger charge is 2.36. The minimum atomic E-state index is 0.322. The van der Waals surface area contributed by atoms with Gasteiger partial charge in [0.2, 0.25) is 0 Å². The molecular weight excluding hydrogens is 350 g/mol. The summed E-state index contributed by atoms with van der Waals surface area (Å²) in [5.41, 5.74) is 0.644. The fourth-order valence-corrected chi connectivity index (χ4v) is 5.07. The van der Waals surface area contributed by atoms with Crippen LogP contribution < -0.4 is 0 Å². The summed E-state index contributed by atoms with van der Waals surface area (Å²) in [7, 11) is 0. The van der Waals surface area contributed by atoms with Gasteiger partial charge in [0.25, 0.3) is 0 Å². The molecule has 0 saturated heterocycles. The molecule has 0 unspecified atom stereocenters. The summed E-state index contributed by atoms with van der Waals surface area (Å²) in [6.07, 6.45) is 25.1. The highest BCUT2D eigenvalue weighted by molar-refractivity contribution is 4.92. The Labute approximate surface area is 186 Å². The predicted octanol–water partition coefficient (Wildman–Crippen LogP) is 9.93. The average molecular weight is 410 g/mol. The number of rotatable bonds is 21. The van der Waals surface area contributed by atoms with Crippen LogP contribution in [0.5, 0.6) is 0 Å². The van der Waals surface area contributed by atoms with Crippen LogP contribution >= 0.6 is 0 Å². The van der Waals surface area contributed by atoms with E-state index in [-0.39, 0.29) is 0 Å². The van der Waals surface area contributed by atoms with Crippen LogP contribution in [0.15, 0.2) is 0 Å². The summed E-state index contributed by atoms with van der Waals surface area (Å²) in [6, 6.07) is 0. The molecule has 0 aromatic heterocycles. The Morgan fingerprint density at radius 3 is 1.10 bits per heavy atom. The van der Waals surface area contributed by atoms with Crippen LogP contribution in [0.4, 0.5) is 0 Å². The molecular formula is C28H59N. The first-order valence-corrected chi connectivity index (χ1v) is 13.6. The zero-order valence-electron chi connectivity index (χ0n) is 21.9. The summed E-state index contributed by atoms with van der Waals surface area (Å²) in [4.78, 5) is 2.91. The molecule has 0 spiro atoms. The third kappa shape index (κ3) is 14.6. The zero-order chi connectivity index (χ0) is 22.0. The molecule has 0 aliphatic carbocycles. The molecule has 0 aromatic carbocycles. The van der Waals surface area contributed by atoms with Crippen molar-refractivity contribution in [3.63, 3.8) is 0 Å². The van der Waals surface area contributed by atoms with E-state index >= 15 is 0 Å². The minimum absolute atomic E-state index is 0.322. The van der Waals surface area contributed by atoms with E-state index in [1.807, 2.05) is 0 Å². The monoisotopic (exact) mass is 409 g/mol. The van der Waals surface area contributed by atoms with Gasteiger partial charge in [0.1, 0.15) is 0 Å². The lowest BCUT2D eigenvalue weighted by molar-refractivity contribution is 0.00154. The highest BCUT2D eigenvalue weighted by atomic mass is 15.2. The normalized spacial score (nSPS) is 12.8. The van der Waals surface area contributed by atoms with E-state index in [2.05, 4.69) is 53.4 Å². The van der Waals surface area contributed by atoms with Gasteiger partial charge in [-0.25, -0.2) is 0 Å². The maximum Gasteiger partial charge on any atom is 0.0158 e. The topological polar surface area (TPSA) is 3.24 Å². The Hall–Kier alpha value is -0.0400. The molecule has 0 radical (unpaired) electrons. The van der Waals surface area contributed by atoms with Gasteiger partial charge in [0, 0.05) is 11.1 Å². The van der Waals surface area contributed by atoms with Crippen molar-refractivity contribution in [2.75, 3.05) is 6.54 Å². The Bertz CT molecular complexity index is 316. The Kier molecular flexibility index (Phi) is 17.6. The molecule has 1 heteroatoms. The lowest BCUT2D eigenvalue weighted by atomic mass is 9.85. The van der Waals surface area contributed by atoms with Crippen molar-refractivity contribution in [3.8, 4) is 0 Å². The maximum absolute atomic E-state index is 2.91. The molecule has 0 N–H and O–H groups in total. The first-order valence-electron chi connectivity index (χ1n) is 13.6. The largest absolute Gasteiger partial charge is 0.293 e. The van der Waals surface area contributed by atoms with Crippen LogP contribution in [0, 0.1) is 0 Å². The van der Waals surface area contributed by atoms with Crippen LogP contribution in [0.1, 0.15) is 164 Å². The van der Waals surface area contributed by atoms with E-state index in [9.17, 15) is 0 Å². The van der Waals surface area contributed by atoms with E-state index in [1.54, 1.807) is 0 Å². The predicted molar refractivity (Wildman–Crippen MR) is 135 cm³/mol. The Balaban J connectivity index is 4.67. The van der Waals surface area contributed by atoms with E-state index in [0.29, 0.717) is 11.1 Å². The molecule has 1 nitrogen and oxygen atoms in total. The van der Waals surface area contributed by atoms with Crippen molar-refractivity contribution >= 4 is 0 Å². The first-order chi connectivity index (χ1) is 13.8. The van der Waals surface area contributed by atoms with Gasteiger partial charge in [-0.15, -0.1) is 0 Å². The lowest BCUT2D eigenvalue weighted by Gasteiger charge is -2.49. The van der Waals surface area contributed by atoms with Crippen molar-refractivity contribution < 1.29 is 0 Å². The van der Waals surface area contributed by atoms with Crippen LogP contribution in [0.25, 0.3) is 0 Å². The number of hydrogen-bond donors (Lipinski definition) is 0. The van der Waals surface area contributed by atoms with Gasteiger partial charge in [0.15, 0.2) is 0 Å². The molecule has 0 heterocycles. The lowest BCUT2D eigenvalue weighted by Crippen LogP contribution is -2.55. The Morgan fingerprint density at radius 1 is 0.414 bits per heavy atom. The van der Waals surface area contributed by atoms with E-state index < -0.39 is 0 Å². The molecule has 0 aliphatic heterocycles. The van der Waals surface area contributed by atoms with Gasteiger partial charge < -0.3 is 0 Å². The molecule has 0 aromatic rings. The van der Waals surface area contributed by atoms with Gasteiger partial charge >= 0.3 is 0 Å². The summed E-state index contributed by atoms with van der Waals surface area (Å²) in [6.45, 7) is 18.3. The standard InChI is InChI=1S/C28H59N/c1-8-11-14-17-19-21-24-27(4,5)29(26-23-16-13-10-3)28(6,7)25-22-20-18-15-12-9-2/h8-26H2,1-7H3. The summed E-state index contributed by atoms with van der Waals surface area (Å²) in [5, 5.41) is 0. The SMILES string of the molecule is CCCCCCCCC(C)(C)N(CCCCCC)C(C)(C)CCCCCCCC. The van der Waals surface area contributed by atoms with Crippen LogP contribution in [-0.2, 0) is 0 Å². The number of hydrogen-bond acceptors (Lipinski definition) is 1. The summed E-state index contributed by atoms with van der Waals surface area (Å²) >= 11 is 0. The molecule has 0 atom stereocenters. The minimum Gasteiger partial charge on any atom is -0.293 e. The molecule has 0 bridgehead atoms. The molecule has 0 rings (SSSR count). The second-order valence-electron chi connectivity index (χ2n) is 10.9. The molecule has 0 saturated carbocycles. The average Bonchev–Trinajstić information content (AvgIpc) is 2.66. The van der Waals surface area contributed by atoms with Gasteiger partial charge in [0.05, 0.1) is 0 Å². The third-order valence-electron chi connectivity index (χ3n) is 6.98. The van der Waals surface area contributed by atoms with Crippen molar-refractivity contribution in [2.24, 2.45) is 0 Å². The van der Waals surface area contributed by atoms with E-state index in [4.69, 9.17) is 0 Å². The second kappa shape index (κ2) is 17.6. The third-order valence-corrected chi connectivity index (χ3v) is 6.98. The quantitative estimate of drug-likeness (QED) is 0.170. The van der Waals surface area contributed by atoms with Crippen LogP contribution in [0.3, 0.4) is 0 Å². The second-order valence-corrected chi connectivity index (χ2v) is 10.9. The molecule has 176 valence electrons. The highest BCUT2D eigenvalue weighted by Crippen LogP contribution is 2.33. The van der Waals surface area contributed by atoms with Crippen molar-refractivity contribution in [1.82, 2.24) is 4.90 Å². The van der Waals surface area contributed by atoms with Crippen molar-refractivity contribution in [1.29, 1.82) is 0 Å². The van der Waals surface area contributed by atoms with E-state index in [1.165, 1.54) is 122 Å². The summed E-state index contributed by atoms with van der Waals surface area (Å²) in [5.74, 6) is 0. The molecule has 0 fully saturated rings.